The largest absolute Gasteiger partial charge is 0.496 e. The number of ether oxygens (including phenoxy) is 1. The van der Waals surface area contributed by atoms with Crippen molar-refractivity contribution in [2.45, 2.75) is 6.54 Å². The molecule has 1 amide bonds. The number of benzene rings is 1. The van der Waals surface area contributed by atoms with Gasteiger partial charge in [0.1, 0.15) is 24.0 Å². The zero-order valence-electron chi connectivity index (χ0n) is 13.9. The molecule has 9 heteroatoms. The third-order valence-electron chi connectivity index (χ3n) is 4.26. The number of methoxy groups -OCH3 is 1. The first-order valence-electron chi connectivity index (χ1n) is 7.96. The smallest absolute Gasteiger partial charge is 0.260 e. The summed E-state index contributed by atoms with van der Waals surface area (Å²) in [5.41, 5.74) is -0.349. The van der Waals surface area contributed by atoms with Crippen molar-refractivity contribution in [3.63, 3.8) is 0 Å². The number of rotatable bonds is 5. The van der Waals surface area contributed by atoms with Crippen molar-refractivity contribution >= 4 is 5.91 Å². The van der Waals surface area contributed by atoms with E-state index in [4.69, 9.17) is 4.74 Å². The van der Waals surface area contributed by atoms with Crippen LogP contribution in [0.15, 0.2) is 24.8 Å². The Hall–Kier alpha value is -2.55. The molecule has 25 heavy (non-hydrogen) atoms. The fourth-order valence-electron chi connectivity index (χ4n) is 2.83. The second-order valence-electron chi connectivity index (χ2n) is 5.73. The lowest BCUT2D eigenvalue weighted by atomic mass is 10.1. The molecule has 3 rings (SSSR count). The fraction of sp³-hybridized carbons (Fsp3) is 0.438. The van der Waals surface area contributed by atoms with Gasteiger partial charge in [0.25, 0.3) is 5.91 Å². The van der Waals surface area contributed by atoms with Gasteiger partial charge in [0.2, 0.25) is 0 Å². The predicted molar refractivity (Wildman–Crippen MR) is 85.3 cm³/mol. The van der Waals surface area contributed by atoms with Gasteiger partial charge in [0.15, 0.2) is 11.6 Å². The molecule has 1 aromatic carbocycles. The highest BCUT2D eigenvalue weighted by molar-refractivity contribution is 5.97. The number of piperazine rings is 1. The average molecular weight is 351 g/mol. The Labute approximate surface area is 143 Å². The van der Waals surface area contributed by atoms with E-state index in [1.807, 2.05) is 0 Å². The molecule has 1 aliphatic heterocycles. The topological polar surface area (TPSA) is 63.5 Å². The van der Waals surface area contributed by atoms with E-state index in [1.54, 1.807) is 11.0 Å². The number of halogens is 2. The summed E-state index contributed by atoms with van der Waals surface area (Å²) < 4.78 is 34.3. The third kappa shape index (κ3) is 3.76. The maximum Gasteiger partial charge on any atom is 0.260 e. The molecule has 1 fully saturated rings. The summed E-state index contributed by atoms with van der Waals surface area (Å²) in [5.74, 6) is -2.74. The van der Waals surface area contributed by atoms with Crippen LogP contribution in [0.25, 0.3) is 0 Å². The molecule has 0 spiro atoms. The van der Waals surface area contributed by atoms with Gasteiger partial charge >= 0.3 is 0 Å². The van der Waals surface area contributed by atoms with Gasteiger partial charge in [-0.15, -0.1) is 0 Å². The van der Waals surface area contributed by atoms with Crippen LogP contribution in [0.3, 0.4) is 0 Å². The van der Waals surface area contributed by atoms with E-state index in [1.165, 1.54) is 24.4 Å². The second kappa shape index (κ2) is 7.56. The molecule has 0 saturated carbocycles. The van der Waals surface area contributed by atoms with Gasteiger partial charge in [-0.25, -0.2) is 13.8 Å². The molecular formula is C16H19F2N5O2. The first kappa shape index (κ1) is 17.3. The molecule has 1 saturated heterocycles. The summed E-state index contributed by atoms with van der Waals surface area (Å²) in [6, 6.07) is 2.22. The minimum absolute atomic E-state index is 0.0394. The molecule has 134 valence electrons. The van der Waals surface area contributed by atoms with E-state index >= 15 is 0 Å². The molecule has 0 bridgehead atoms. The van der Waals surface area contributed by atoms with Crippen LogP contribution in [-0.2, 0) is 6.54 Å². The van der Waals surface area contributed by atoms with Crippen LogP contribution >= 0.6 is 0 Å². The lowest BCUT2D eigenvalue weighted by Gasteiger charge is -2.34. The zero-order chi connectivity index (χ0) is 17.8. The van der Waals surface area contributed by atoms with E-state index < -0.39 is 17.5 Å². The molecular weight excluding hydrogens is 332 g/mol. The molecule has 0 N–H and O–H groups in total. The van der Waals surface area contributed by atoms with E-state index in [9.17, 15) is 13.6 Å². The molecule has 1 aliphatic rings. The highest BCUT2D eigenvalue weighted by atomic mass is 19.2. The fourth-order valence-corrected chi connectivity index (χ4v) is 2.83. The van der Waals surface area contributed by atoms with Crippen molar-refractivity contribution in [3.05, 3.63) is 42.0 Å². The van der Waals surface area contributed by atoms with Crippen LogP contribution < -0.4 is 4.74 Å². The van der Waals surface area contributed by atoms with Crippen LogP contribution in [-0.4, -0.2) is 70.3 Å². The van der Waals surface area contributed by atoms with Crippen LogP contribution in [0.2, 0.25) is 0 Å². The van der Waals surface area contributed by atoms with Gasteiger partial charge in [-0.05, 0) is 12.1 Å². The Bertz CT molecular complexity index is 730. The minimum Gasteiger partial charge on any atom is -0.496 e. The summed E-state index contributed by atoms with van der Waals surface area (Å²) in [6.07, 6.45) is 3.14. The van der Waals surface area contributed by atoms with Gasteiger partial charge in [0, 0.05) is 32.7 Å². The van der Waals surface area contributed by atoms with Gasteiger partial charge in [-0.1, -0.05) is 0 Å². The van der Waals surface area contributed by atoms with E-state index in [-0.39, 0.29) is 11.3 Å². The molecule has 0 unspecified atom stereocenters. The molecule has 7 nitrogen and oxygen atoms in total. The van der Waals surface area contributed by atoms with Crippen molar-refractivity contribution in [2.24, 2.45) is 0 Å². The summed E-state index contributed by atoms with van der Waals surface area (Å²) in [7, 11) is 1.32. The van der Waals surface area contributed by atoms with Crippen molar-refractivity contribution in [1.82, 2.24) is 24.6 Å². The highest BCUT2D eigenvalue weighted by Gasteiger charge is 2.28. The number of carbonyl (C=O) groups excluding carboxylic acids is 1. The molecule has 0 atom stereocenters. The zero-order valence-corrected chi connectivity index (χ0v) is 13.9. The van der Waals surface area contributed by atoms with Crippen LogP contribution in [0.1, 0.15) is 10.4 Å². The van der Waals surface area contributed by atoms with Crippen molar-refractivity contribution in [2.75, 3.05) is 39.8 Å². The maximum absolute atomic E-state index is 14.1. The number of carbonyl (C=O) groups is 1. The SMILES string of the molecule is COc1ccc(F)c(F)c1C(=O)N1CCN(CCn2cncn2)CC1. The van der Waals surface area contributed by atoms with Gasteiger partial charge in [0.05, 0.1) is 13.7 Å². The Morgan fingerprint density at radius 1 is 1.20 bits per heavy atom. The van der Waals surface area contributed by atoms with Crippen molar-refractivity contribution < 1.29 is 18.3 Å². The Morgan fingerprint density at radius 3 is 2.60 bits per heavy atom. The number of aromatic nitrogens is 3. The lowest BCUT2D eigenvalue weighted by molar-refractivity contribution is 0.0623. The van der Waals surface area contributed by atoms with E-state index in [0.29, 0.717) is 32.7 Å². The number of amides is 1. The van der Waals surface area contributed by atoms with Crippen molar-refractivity contribution in [1.29, 1.82) is 0 Å². The van der Waals surface area contributed by atoms with Crippen LogP contribution in [0, 0.1) is 11.6 Å². The van der Waals surface area contributed by atoms with Gasteiger partial charge in [-0.3, -0.25) is 14.4 Å². The molecule has 2 aromatic rings. The summed E-state index contributed by atoms with van der Waals surface area (Å²) in [6.45, 7) is 3.67. The summed E-state index contributed by atoms with van der Waals surface area (Å²) >= 11 is 0. The Morgan fingerprint density at radius 2 is 1.96 bits per heavy atom. The quantitative estimate of drug-likeness (QED) is 0.805. The maximum atomic E-state index is 14.1. The molecule has 0 aliphatic carbocycles. The third-order valence-corrected chi connectivity index (χ3v) is 4.26. The van der Waals surface area contributed by atoms with E-state index in [0.717, 1.165) is 12.6 Å². The summed E-state index contributed by atoms with van der Waals surface area (Å²) in [4.78, 5) is 20.2. The molecule has 2 heterocycles. The monoisotopic (exact) mass is 351 g/mol. The number of hydrogen-bond donors (Lipinski definition) is 0. The predicted octanol–water partition coefficient (Wildman–Crippen LogP) is 1.02. The first-order chi connectivity index (χ1) is 12.1. The van der Waals surface area contributed by atoms with Crippen LogP contribution in [0.4, 0.5) is 8.78 Å². The first-order valence-corrected chi connectivity index (χ1v) is 7.96. The number of nitrogens with zero attached hydrogens (tertiary/aromatic N) is 5. The normalized spacial score (nSPS) is 15.4. The van der Waals surface area contributed by atoms with Gasteiger partial charge < -0.3 is 9.64 Å². The Kier molecular flexibility index (Phi) is 5.22. The average Bonchev–Trinajstić information content (AvgIpc) is 3.15. The van der Waals surface area contributed by atoms with Crippen LogP contribution in [0.5, 0.6) is 5.75 Å². The molecule has 0 radical (unpaired) electrons. The standard InChI is InChI=1S/C16H19F2N5O2/c1-25-13-3-2-12(17)15(18)14(13)16(24)22-7-4-21(5-8-22)6-9-23-11-19-10-20-23/h2-3,10-11H,4-9H2,1H3. The molecule has 1 aromatic heterocycles. The number of hydrogen-bond acceptors (Lipinski definition) is 5. The summed E-state index contributed by atoms with van der Waals surface area (Å²) in [5, 5.41) is 4.04. The van der Waals surface area contributed by atoms with E-state index in [2.05, 4.69) is 15.0 Å². The second-order valence-corrected chi connectivity index (χ2v) is 5.73. The van der Waals surface area contributed by atoms with Crippen molar-refractivity contribution in [3.8, 4) is 5.75 Å². The lowest BCUT2D eigenvalue weighted by Crippen LogP contribution is -2.49. The Balaban J connectivity index is 1.61. The minimum atomic E-state index is -1.17. The highest BCUT2D eigenvalue weighted by Crippen LogP contribution is 2.25. The van der Waals surface area contributed by atoms with Gasteiger partial charge in [-0.2, -0.15) is 5.10 Å².